The normalized spacial score (nSPS) is 16.0. The molecule has 2 N–H and O–H groups in total. The molecule has 1 atom stereocenters. The first kappa shape index (κ1) is 16.8. The van der Waals surface area contributed by atoms with Crippen LogP contribution in [0.15, 0.2) is 24.4 Å². The van der Waals surface area contributed by atoms with Gasteiger partial charge in [0.15, 0.2) is 6.10 Å². The first-order chi connectivity index (χ1) is 11.4. The summed E-state index contributed by atoms with van der Waals surface area (Å²) in [6.07, 6.45) is 0.671. The van der Waals surface area contributed by atoms with Crippen molar-refractivity contribution in [3.05, 3.63) is 45.2 Å². The van der Waals surface area contributed by atoms with Crippen molar-refractivity contribution in [1.29, 1.82) is 0 Å². The fourth-order valence-corrected chi connectivity index (χ4v) is 2.64. The summed E-state index contributed by atoms with van der Waals surface area (Å²) in [6, 6.07) is 4.85. The minimum atomic E-state index is -0.572. The molecule has 1 aliphatic rings. The summed E-state index contributed by atoms with van der Waals surface area (Å²) in [4.78, 5) is 27.8. The van der Waals surface area contributed by atoms with Crippen LogP contribution in [0.1, 0.15) is 17.4 Å². The molecule has 0 fully saturated rings. The average Bonchev–Trinajstić information content (AvgIpc) is 2.54. The number of halogens is 3. The Morgan fingerprint density at radius 1 is 1.29 bits per heavy atom. The first-order valence-electron chi connectivity index (χ1n) is 6.79. The number of pyridine rings is 1. The maximum absolute atomic E-state index is 12.3. The van der Waals surface area contributed by atoms with Gasteiger partial charge in [0.05, 0.1) is 20.8 Å². The van der Waals surface area contributed by atoms with Gasteiger partial charge in [0.2, 0.25) is 0 Å². The number of carbonyl (C=O) groups is 2. The maximum atomic E-state index is 12.3. The molecule has 0 spiro atoms. The molecule has 24 heavy (non-hydrogen) atoms. The van der Waals surface area contributed by atoms with Crippen molar-refractivity contribution in [1.82, 2.24) is 4.98 Å². The summed E-state index contributed by atoms with van der Waals surface area (Å²) in [5, 5.41) is 5.49. The third-order valence-corrected chi connectivity index (χ3v) is 4.54. The van der Waals surface area contributed by atoms with E-state index < -0.39 is 12.0 Å². The molecule has 3 rings (SSSR count). The molecule has 1 aromatic carbocycles. The van der Waals surface area contributed by atoms with E-state index in [9.17, 15) is 9.59 Å². The number of rotatable bonds is 2. The van der Waals surface area contributed by atoms with Crippen molar-refractivity contribution in [2.24, 2.45) is 0 Å². The molecule has 2 heterocycles. The van der Waals surface area contributed by atoms with E-state index >= 15 is 0 Å². The molecule has 0 aliphatic carbocycles. The maximum Gasteiger partial charge on any atom is 0.275 e. The largest absolute Gasteiger partial charge is 0.479 e. The summed E-state index contributed by atoms with van der Waals surface area (Å²) in [5.41, 5.74) is 0.836. The number of anilines is 2. The number of aromatic nitrogens is 1. The van der Waals surface area contributed by atoms with Gasteiger partial charge in [0, 0.05) is 11.9 Å². The minimum Gasteiger partial charge on any atom is -0.479 e. The van der Waals surface area contributed by atoms with E-state index in [-0.39, 0.29) is 26.7 Å². The molecule has 1 aliphatic heterocycles. The number of ether oxygens (including phenoxy) is 1. The highest BCUT2D eigenvalue weighted by atomic mass is 35.5. The van der Waals surface area contributed by atoms with Crippen LogP contribution in [0.2, 0.25) is 15.1 Å². The van der Waals surface area contributed by atoms with Gasteiger partial charge in [-0.1, -0.05) is 34.8 Å². The second kappa shape index (κ2) is 6.47. The van der Waals surface area contributed by atoms with Gasteiger partial charge in [-0.15, -0.1) is 0 Å². The van der Waals surface area contributed by atoms with Gasteiger partial charge in [0.1, 0.15) is 11.4 Å². The molecular weight excluding hydrogens is 377 g/mol. The van der Waals surface area contributed by atoms with Crippen molar-refractivity contribution in [2.45, 2.75) is 13.0 Å². The Bertz CT molecular complexity index is 857. The van der Waals surface area contributed by atoms with Crippen LogP contribution >= 0.6 is 34.8 Å². The standard InChI is InChI=1S/C15H10Cl3N3O3/c1-6-14(22)21-9-4-7(2-3-10(9)24-6)20-15(23)13-12(18)11(17)8(16)5-19-13/h2-6H,1H3,(H,20,23)(H,21,22). The minimum absolute atomic E-state index is 0.0370. The molecule has 0 saturated heterocycles. The monoisotopic (exact) mass is 385 g/mol. The lowest BCUT2D eigenvalue weighted by Crippen LogP contribution is -2.34. The molecule has 2 aromatic rings. The SMILES string of the molecule is CC1Oc2ccc(NC(=O)c3ncc(Cl)c(Cl)c3Cl)cc2NC1=O. The zero-order chi connectivity index (χ0) is 17.4. The Kier molecular flexibility index (Phi) is 4.54. The molecule has 1 unspecified atom stereocenters. The Hall–Kier alpha value is -2.02. The summed E-state index contributed by atoms with van der Waals surface area (Å²) in [6.45, 7) is 1.64. The van der Waals surface area contributed by atoms with E-state index in [2.05, 4.69) is 15.6 Å². The van der Waals surface area contributed by atoms with Crippen LogP contribution in [-0.2, 0) is 4.79 Å². The van der Waals surface area contributed by atoms with Crippen LogP contribution in [0.4, 0.5) is 11.4 Å². The molecule has 0 bridgehead atoms. The van der Waals surface area contributed by atoms with Gasteiger partial charge in [-0.25, -0.2) is 4.98 Å². The molecule has 124 valence electrons. The van der Waals surface area contributed by atoms with E-state index in [0.717, 1.165) is 0 Å². The fourth-order valence-electron chi connectivity index (χ4n) is 2.08. The van der Waals surface area contributed by atoms with Crippen molar-refractivity contribution >= 4 is 58.0 Å². The summed E-state index contributed by atoms with van der Waals surface area (Å²) in [7, 11) is 0. The predicted octanol–water partition coefficient (Wildman–Crippen LogP) is 4.01. The Morgan fingerprint density at radius 3 is 2.79 bits per heavy atom. The number of benzene rings is 1. The van der Waals surface area contributed by atoms with Crippen molar-refractivity contribution in [2.75, 3.05) is 10.6 Å². The van der Waals surface area contributed by atoms with Gasteiger partial charge in [-0.3, -0.25) is 9.59 Å². The number of amides is 2. The van der Waals surface area contributed by atoms with Gasteiger partial charge in [-0.2, -0.15) is 0 Å². The van der Waals surface area contributed by atoms with E-state index in [1.165, 1.54) is 6.20 Å². The second-order valence-electron chi connectivity index (χ2n) is 5.00. The Balaban J connectivity index is 1.85. The lowest BCUT2D eigenvalue weighted by Gasteiger charge is -2.23. The first-order valence-corrected chi connectivity index (χ1v) is 7.92. The number of carbonyl (C=O) groups excluding carboxylic acids is 2. The molecule has 2 amide bonds. The molecule has 6 nitrogen and oxygen atoms in total. The highest BCUT2D eigenvalue weighted by Gasteiger charge is 2.24. The predicted molar refractivity (Wildman–Crippen MR) is 92.4 cm³/mol. The summed E-state index contributed by atoms with van der Waals surface area (Å²) in [5.74, 6) is -0.305. The third-order valence-electron chi connectivity index (χ3n) is 3.30. The van der Waals surface area contributed by atoms with Crippen LogP contribution in [-0.4, -0.2) is 22.9 Å². The molecular formula is C15H10Cl3N3O3. The van der Waals surface area contributed by atoms with E-state index in [0.29, 0.717) is 17.1 Å². The highest BCUT2D eigenvalue weighted by molar-refractivity contribution is 6.49. The van der Waals surface area contributed by atoms with Crippen molar-refractivity contribution < 1.29 is 14.3 Å². The molecule has 9 heteroatoms. The van der Waals surface area contributed by atoms with E-state index in [4.69, 9.17) is 39.5 Å². The Morgan fingerprint density at radius 2 is 2.04 bits per heavy atom. The van der Waals surface area contributed by atoms with E-state index in [1.54, 1.807) is 25.1 Å². The zero-order valence-electron chi connectivity index (χ0n) is 12.2. The average molecular weight is 387 g/mol. The topological polar surface area (TPSA) is 80.3 Å². The van der Waals surface area contributed by atoms with Crippen LogP contribution in [0.5, 0.6) is 5.75 Å². The third kappa shape index (κ3) is 3.13. The lowest BCUT2D eigenvalue weighted by molar-refractivity contribution is -0.122. The molecule has 0 radical (unpaired) electrons. The molecule has 0 saturated carbocycles. The van der Waals surface area contributed by atoms with Crippen LogP contribution in [0, 0.1) is 0 Å². The van der Waals surface area contributed by atoms with Gasteiger partial charge < -0.3 is 15.4 Å². The van der Waals surface area contributed by atoms with Gasteiger partial charge in [0.25, 0.3) is 11.8 Å². The van der Waals surface area contributed by atoms with Crippen LogP contribution in [0.25, 0.3) is 0 Å². The van der Waals surface area contributed by atoms with Crippen LogP contribution < -0.4 is 15.4 Å². The smallest absolute Gasteiger partial charge is 0.275 e. The lowest BCUT2D eigenvalue weighted by atomic mass is 10.2. The quantitative estimate of drug-likeness (QED) is 0.817. The van der Waals surface area contributed by atoms with Crippen molar-refractivity contribution in [3.8, 4) is 5.75 Å². The number of nitrogens with zero attached hydrogens (tertiary/aromatic N) is 1. The fraction of sp³-hybridized carbons (Fsp3) is 0.133. The number of hydrogen-bond donors (Lipinski definition) is 2. The Labute approximate surface area is 152 Å². The van der Waals surface area contributed by atoms with E-state index in [1.807, 2.05) is 0 Å². The molecule has 1 aromatic heterocycles. The highest BCUT2D eigenvalue weighted by Crippen LogP contribution is 2.34. The zero-order valence-corrected chi connectivity index (χ0v) is 14.5. The number of nitrogens with one attached hydrogen (secondary N) is 2. The van der Waals surface area contributed by atoms with Crippen molar-refractivity contribution in [3.63, 3.8) is 0 Å². The summed E-state index contributed by atoms with van der Waals surface area (Å²) >= 11 is 17.7. The second-order valence-corrected chi connectivity index (χ2v) is 6.16. The number of fused-ring (bicyclic) bond motifs is 1. The number of hydrogen-bond acceptors (Lipinski definition) is 4. The van der Waals surface area contributed by atoms with Gasteiger partial charge >= 0.3 is 0 Å². The van der Waals surface area contributed by atoms with Gasteiger partial charge in [-0.05, 0) is 25.1 Å². The summed E-state index contributed by atoms with van der Waals surface area (Å²) < 4.78 is 5.45. The van der Waals surface area contributed by atoms with Crippen LogP contribution in [0.3, 0.4) is 0 Å².